The van der Waals surface area contributed by atoms with Crippen LogP contribution in [0.4, 0.5) is 13.2 Å². The molecule has 0 spiro atoms. The average molecular weight is 597 g/mol. The van der Waals surface area contributed by atoms with E-state index in [1.54, 1.807) is 12.1 Å². The molecule has 1 aliphatic heterocycles. The Morgan fingerprint density at radius 1 is 1.18 bits per heavy atom. The summed E-state index contributed by atoms with van der Waals surface area (Å²) < 4.78 is 50.7. The SMILES string of the molecule is C=C.CC(C)(COCc1ccccc1)C(=N)/C=C(\N)C1CC(Sc2cccc(C(F)(F)F)c2)CCO1.CCCS. The van der Waals surface area contributed by atoms with Crippen molar-refractivity contribution >= 4 is 30.1 Å². The van der Waals surface area contributed by atoms with E-state index in [9.17, 15) is 13.2 Å². The van der Waals surface area contributed by atoms with Gasteiger partial charge in [-0.05, 0) is 54.9 Å². The summed E-state index contributed by atoms with van der Waals surface area (Å²) in [5.41, 5.74) is 6.98. The van der Waals surface area contributed by atoms with Gasteiger partial charge in [0, 0.05) is 33.6 Å². The fourth-order valence-corrected chi connectivity index (χ4v) is 4.80. The van der Waals surface area contributed by atoms with E-state index < -0.39 is 17.2 Å². The molecule has 4 nitrogen and oxygen atoms in total. The van der Waals surface area contributed by atoms with Crippen molar-refractivity contribution in [2.45, 2.75) is 69.1 Å². The predicted octanol–water partition coefficient (Wildman–Crippen LogP) is 8.58. The van der Waals surface area contributed by atoms with Crippen LogP contribution in [-0.4, -0.2) is 36.0 Å². The maximum atomic E-state index is 13.0. The Bertz CT molecular complexity index is 1040. The maximum Gasteiger partial charge on any atom is 0.416 e. The van der Waals surface area contributed by atoms with Gasteiger partial charge < -0.3 is 20.6 Å². The number of hydrogen-bond donors (Lipinski definition) is 3. The van der Waals surface area contributed by atoms with Crippen LogP contribution in [0.15, 0.2) is 84.4 Å². The van der Waals surface area contributed by atoms with Crippen molar-refractivity contribution in [3.63, 3.8) is 0 Å². The lowest BCUT2D eigenvalue weighted by Gasteiger charge is -2.30. The van der Waals surface area contributed by atoms with E-state index in [4.69, 9.17) is 20.6 Å². The average Bonchev–Trinajstić information content (AvgIpc) is 2.94. The second-order valence-electron chi connectivity index (χ2n) is 9.79. The lowest BCUT2D eigenvalue weighted by Crippen LogP contribution is -2.34. The van der Waals surface area contributed by atoms with E-state index in [-0.39, 0.29) is 11.4 Å². The smallest absolute Gasteiger partial charge is 0.400 e. The van der Waals surface area contributed by atoms with Gasteiger partial charge in [-0.1, -0.05) is 57.2 Å². The van der Waals surface area contributed by atoms with Crippen molar-refractivity contribution in [3.05, 3.63) is 90.7 Å². The molecule has 2 unspecified atom stereocenters. The highest BCUT2D eigenvalue weighted by Crippen LogP contribution is 2.36. The van der Waals surface area contributed by atoms with Gasteiger partial charge in [0.2, 0.25) is 0 Å². The van der Waals surface area contributed by atoms with Crippen molar-refractivity contribution < 1.29 is 22.6 Å². The molecule has 0 bridgehead atoms. The van der Waals surface area contributed by atoms with E-state index in [0.717, 1.165) is 23.8 Å². The standard InChI is InChI=1S/C26H31F3N2O2S.C3H8S.C2H4/c1-25(2,17-32-16-18-7-4-3-5-8-18)24(31)15-22(30)23-14-21(11-12-33-23)34-20-10-6-9-19(13-20)26(27,28)29;1-2-3-4;1-2/h3-10,13,15,21,23,31H,11-12,14,16-17,30H2,1-2H3;4H,2-3H2,1H3;1-2H2/b22-15-,31-24?;;. The first-order valence-electron chi connectivity index (χ1n) is 13.2. The van der Waals surface area contributed by atoms with Gasteiger partial charge in [-0.3, -0.25) is 0 Å². The number of rotatable bonds is 10. The number of nitrogens with two attached hydrogens (primary N) is 1. The van der Waals surface area contributed by atoms with Crippen molar-refractivity contribution in [1.82, 2.24) is 0 Å². The first-order chi connectivity index (χ1) is 19.0. The Kier molecular flexibility index (Phi) is 16.4. The number of hydrogen-bond acceptors (Lipinski definition) is 6. The van der Waals surface area contributed by atoms with Gasteiger partial charge in [0.25, 0.3) is 0 Å². The monoisotopic (exact) mass is 596 g/mol. The summed E-state index contributed by atoms with van der Waals surface area (Å²) in [6, 6.07) is 15.2. The summed E-state index contributed by atoms with van der Waals surface area (Å²) in [6.45, 7) is 13.3. The molecular formula is C31H43F3N2O2S2. The first kappa shape index (κ1) is 35.8. The zero-order valence-corrected chi connectivity index (χ0v) is 25.4. The largest absolute Gasteiger partial charge is 0.416 e. The number of halogens is 3. The Balaban J connectivity index is 0.00000122. The van der Waals surface area contributed by atoms with Crippen LogP contribution in [0.3, 0.4) is 0 Å². The van der Waals surface area contributed by atoms with Gasteiger partial charge in [0.05, 0.1) is 24.9 Å². The molecule has 2 aromatic rings. The van der Waals surface area contributed by atoms with Crippen LogP contribution >= 0.6 is 24.4 Å². The summed E-state index contributed by atoms with van der Waals surface area (Å²) in [5, 5.41) is 8.61. The minimum absolute atomic E-state index is 0.0746. The Morgan fingerprint density at radius 2 is 1.82 bits per heavy atom. The van der Waals surface area contributed by atoms with E-state index >= 15 is 0 Å². The van der Waals surface area contributed by atoms with Gasteiger partial charge in [-0.15, -0.1) is 24.9 Å². The van der Waals surface area contributed by atoms with E-state index in [1.807, 2.05) is 44.2 Å². The third-order valence-electron chi connectivity index (χ3n) is 5.91. The van der Waals surface area contributed by atoms with Gasteiger partial charge >= 0.3 is 6.18 Å². The Morgan fingerprint density at radius 3 is 2.42 bits per heavy atom. The highest BCUT2D eigenvalue weighted by atomic mass is 32.2. The summed E-state index contributed by atoms with van der Waals surface area (Å²) >= 11 is 5.33. The van der Waals surface area contributed by atoms with Gasteiger partial charge in [-0.2, -0.15) is 25.8 Å². The third-order valence-corrected chi connectivity index (χ3v) is 7.64. The van der Waals surface area contributed by atoms with E-state index in [2.05, 4.69) is 32.7 Å². The van der Waals surface area contributed by atoms with Crippen LogP contribution in [0.1, 0.15) is 51.2 Å². The molecule has 0 radical (unpaired) electrons. The number of thioether (sulfide) groups is 1. The molecule has 0 aliphatic carbocycles. The molecule has 1 aliphatic rings. The molecule has 222 valence electrons. The second-order valence-corrected chi connectivity index (χ2v) is 11.6. The van der Waals surface area contributed by atoms with Gasteiger partial charge in [0.1, 0.15) is 0 Å². The molecule has 3 N–H and O–H groups in total. The fraction of sp³-hybridized carbons (Fsp3) is 0.452. The quantitative estimate of drug-likeness (QED) is 0.146. The molecule has 3 rings (SSSR count). The molecule has 1 saturated heterocycles. The highest BCUT2D eigenvalue weighted by Gasteiger charge is 2.31. The molecule has 40 heavy (non-hydrogen) atoms. The normalized spacial score (nSPS) is 17.6. The van der Waals surface area contributed by atoms with Crippen molar-refractivity contribution in [2.24, 2.45) is 11.1 Å². The molecule has 1 fully saturated rings. The summed E-state index contributed by atoms with van der Waals surface area (Å²) in [4.78, 5) is 0.576. The zero-order valence-electron chi connectivity index (χ0n) is 23.7. The number of alkyl halides is 3. The molecule has 0 saturated carbocycles. The van der Waals surface area contributed by atoms with Crippen molar-refractivity contribution in [3.8, 4) is 0 Å². The molecular weight excluding hydrogens is 553 g/mol. The molecule has 2 aromatic carbocycles. The second kappa shape index (κ2) is 18.3. The minimum Gasteiger partial charge on any atom is -0.400 e. The molecule has 0 aromatic heterocycles. The fourth-order valence-electron chi connectivity index (χ4n) is 3.57. The van der Waals surface area contributed by atoms with Crippen molar-refractivity contribution in [2.75, 3.05) is 19.0 Å². The van der Waals surface area contributed by atoms with Crippen LogP contribution in [0, 0.1) is 10.8 Å². The van der Waals surface area contributed by atoms with Crippen LogP contribution in [-0.2, 0) is 22.3 Å². The molecule has 1 heterocycles. The summed E-state index contributed by atoms with van der Waals surface area (Å²) in [6.07, 6.45) is -0.627. The Labute approximate surface area is 247 Å². The summed E-state index contributed by atoms with van der Waals surface area (Å²) in [7, 11) is 0. The molecule has 0 amide bonds. The number of benzene rings is 2. The molecule has 9 heteroatoms. The van der Waals surface area contributed by atoms with Crippen LogP contribution in [0.25, 0.3) is 0 Å². The van der Waals surface area contributed by atoms with Gasteiger partial charge in [-0.25, -0.2) is 0 Å². The number of nitrogens with one attached hydrogen (secondary N) is 1. The summed E-state index contributed by atoms with van der Waals surface area (Å²) in [5.74, 6) is 1.01. The predicted molar refractivity (Wildman–Crippen MR) is 165 cm³/mol. The maximum absolute atomic E-state index is 13.0. The number of allylic oxidation sites excluding steroid dienone is 1. The van der Waals surface area contributed by atoms with Crippen LogP contribution in [0.5, 0.6) is 0 Å². The first-order valence-corrected chi connectivity index (χ1v) is 14.7. The van der Waals surface area contributed by atoms with E-state index in [1.165, 1.54) is 30.3 Å². The van der Waals surface area contributed by atoms with E-state index in [0.29, 0.717) is 42.5 Å². The van der Waals surface area contributed by atoms with Crippen LogP contribution < -0.4 is 5.73 Å². The number of ether oxygens (including phenoxy) is 2. The zero-order chi connectivity index (χ0) is 30.2. The minimum atomic E-state index is -4.36. The lowest BCUT2D eigenvalue weighted by atomic mass is 9.87. The highest BCUT2D eigenvalue weighted by molar-refractivity contribution is 8.00. The third kappa shape index (κ3) is 13.0. The number of thiol groups is 1. The topological polar surface area (TPSA) is 68.3 Å². The molecule has 2 atom stereocenters. The van der Waals surface area contributed by atoms with Crippen molar-refractivity contribution in [1.29, 1.82) is 5.41 Å². The van der Waals surface area contributed by atoms with Crippen LogP contribution in [0.2, 0.25) is 0 Å². The lowest BCUT2D eigenvalue weighted by molar-refractivity contribution is -0.137. The Hall–Kier alpha value is -2.20. The van der Waals surface area contributed by atoms with Gasteiger partial charge in [0.15, 0.2) is 0 Å².